The van der Waals surface area contributed by atoms with Gasteiger partial charge < -0.3 is 5.32 Å². The first-order chi connectivity index (χ1) is 11.4. The fourth-order valence-corrected chi connectivity index (χ4v) is 3.96. The number of hydrogen-bond acceptors (Lipinski definition) is 5. The number of aromatic nitrogens is 1. The minimum Gasteiger partial charge on any atom is -0.301 e. The number of nitrogens with zero attached hydrogens (tertiary/aromatic N) is 1. The molecule has 0 unspecified atom stereocenters. The number of carbonyl (C=O) groups excluding carboxylic acids is 1. The Morgan fingerprint density at radius 2 is 1.76 bits per heavy atom. The smallest absolute Gasteiger partial charge is 0.301 e. The van der Waals surface area contributed by atoms with Crippen LogP contribution >= 0.6 is 22.9 Å². The molecule has 0 aliphatic carbocycles. The quantitative estimate of drug-likeness (QED) is 0.823. The Morgan fingerprint density at radius 3 is 2.24 bits per heavy atom. The Labute approximate surface area is 150 Å². The van der Waals surface area contributed by atoms with Crippen molar-refractivity contribution < 1.29 is 26.4 Å². The molecule has 136 valence electrons. The maximum absolute atomic E-state index is 12.7. The fraction of sp³-hybridized carbons (Fsp3) is 0.286. The zero-order valence-corrected chi connectivity index (χ0v) is 15.3. The number of sulfone groups is 1. The third-order valence-corrected chi connectivity index (χ3v) is 6.79. The van der Waals surface area contributed by atoms with Gasteiger partial charge >= 0.3 is 6.18 Å². The molecule has 0 saturated heterocycles. The lowest BCUT2D eigenvalue weighted by atomic mass is 10.2. The molecule has 1 aromatic carbocycles. The van der Waals surface area contributed by atoms with Crippen LogP contribution in [0.25, 0.3) is 0 Å². The molecule has 25 heavy (non-hydrogen) atoms. The fourth-order valence-electron chi connectivity index (χ4n) is 1.74. The summed E-state index contributed by atoms with van der Waals surface area (Å²) in [5.74, 6) is -0.995. The molecular formula is C14H12ClF3N2O3S2. The van der Waals surface area contributed by atoms with Crippen molar-refractivity contribution in [1.29, 1.82) is 0 Å². The highest BCUT2D eigenvalue weighted by Gasteiger charge is 2.43. The van der Waals surface area contributed by atoms with Crippen molar-refractivity contribution in [3.05, 3.63) is 40.4 Å². The summed E-state index contributed by atoms with van der Waals surface area (Å²) in [7, 11) is -4.11. The van der Waals surface area contributed by atoms with Gasteiger partial charge in [0.1, 0.15) is 4.75 Å². The minimum atomic E-state index is -4.65. The summed E-state index contributed by atoms with van der Waals surface area (Å²) in [6.45, 7) is 2.31. The molecule has 1 amide bonds. The van der Waals surface area contributed by atoms with Crippen molar-refractivity contribution in [3.8, 4) is 0 Å². The van der Waals surface area contributed by atoms with Crippen molar-refractivity contribution in [1.82, 2.24) is 4.98 Å². The van der Waals surface area contributed by atoms with E-state index in [1.165, 1.54) is 24.3 Å². The normalized spacial score (nSPS) is 12.9. The SMILES string of the molecule is CC(C)(C(=O)Nc1nc(C(F)(F)F)cs1)S(=O)(=O)c1ccc(Cl)cc1. The van der Waals surface area contributed by atoms with Crippen LogP contribution in [0.3, 0.4) is 0 Å². The molecule has 0 radical (unpaired) electrons. The molecule has 1 N–H and O–H groups in total. The van der Waals surface area contributed by atoms with Gasteiger partial charge in [-0.05, 0) is 38.1 Å². The Morgan fingerprint density at radius 1 is 1.20 bits per heavy atom. The van der Waals surface area contributed by atoms with Crippen LogP contribution in [-0.2, 0) is 20.8 Å². The first-order valence-electron chi connectivity index (χ1n) is 6.70. The van der Waals surface area contributed by atoms with Crippen LogP contribution in [-0.4, -0.2) is 24.1 Å². The summed E-state index contributed by atoms with van der Waals surface area (Å²) >= 11 is 6.27. The van der Waals surface area contributed by atoms with Gasteiger partial charge in [-0.15, -0.1) is 11.3 Å². The summed E-state index contributed by atoms with van der Waals surface area (Å²) in [5, 5.41) is 2.84. The Kier molecular flexibility index (Phi) is 5.18. The molecule has 2 rings (SSSR count). The lowest BCUT2D eigenvalue weighted by molar-refractivity contribution is -0.140. The third kappa shape index (κ3) is 3.96. The molecule has 1 aromatic heterocycles. The summed E-state index contributed by atoms with van der Waals surface area (Å²) in [6.07, 6.45) is -4.65. The number of halogens is 4. The Hall–Kier alpha value is -1.65. The van der Waals surface area contributed by atoms with E-state index in [2.05, 4.69) is 10.3 Å². The molecule has 0 saturated carbocycles. The zero-order valence-electron chi connectivity index (χ0n) is 12.9. The number of alkyl halides is 3. The Bertz CT molecular complexity index is 891. The predicted octanol–water partition coefficient (Wildman–Crippen LogP) is 4.01. The second kappa shape index (κ2) is 6.58. The van der Waals surface area contributed by atoms with E-state index in [9.17, 15) is 26.4 Å². The number of anilines is 1. The van der Waals surface area contributed by atoms with Crippen LogP contribution in [0.2, 0.25) is 5.02 Å². The zero-order chi connectivity index (χ0) is 19.0. The number of benzene rings is 1. The maximum Gasteiger partial charge on any atom is 0.434 e. The average molecular weight is 413 g/mol. The first kappa shape index (κ1) is 19.7. The second-order valence-electron chi connectivity index (χ2n) is 5.46. The maximum atomic E-state index is 12.7. The number of amides is 1. The van der Waals surface area contributed by atoms with Gasteiger partial charge in [-0.25, -0.2) is 13.4 Å². The summed E-state index contributed by atoms with van der Waals surface area (Å²) < 4.78 is 61.0. The van der Waals surface area contributed by atoms with Gasteiger partial charge in [0, 0.05) is 10.4 Å². The first-order valence-corrected chi connectivity index (χ1v) is 9.44. The third-order valence-electron chi connectivity index (χ3n) is 3.36. The second-order valence-corrected chi connectivity index (χ2v) is 9.25. The highest BCUT2D eigenvalue weighted by atomic mass is 35.5. The average Bonchev–Trinajstić information content (AvgIpc) is 2.96. The monoisotopic (exact) mass is 412 g/mol. The van der Waals surface area contributed by atoms with Crippen LogP contribution in [0.1, 0.15) is 19.5 Å². The van der Waals surface area contributed by atoms with Gasteiger partial charge in [-0.2, -0.15) is 13.2 Å². The molecule has 0 aliphatic heterocycles. The number of nitrogens with one attached hydrogen (secondary N) is 1. The molecule has 0 bridgehead atoms. The van der Waals surface area contributed by atoms with Crippen LogP contribution < -0.4 is 5.32 Å². The lowest BCUT2D eigenvalue weighted by Gasteiger charge is -2.23. The summed E-state index contributed by atoms with van der Waals surface area (Å²) in [4.78, 5) is 15.5. The molecule has 2 aromatic rings. The highest BCUT2D eigenvalue weighted by Crippen LogP contribution is 2.33. The number of hydrogen-bond donors (Lipinski definition) is 1. The van der Waals surface area contributed by atoms with E-state index in [1.54, 1.807) is 0 Å². The van der Waals surface area contributed by atoms with E-state index in [1.807, 2.05) is 0 Å². The Balaban J connectivity index is 2.27. The summed E-state index contributed by atoms with van der Waals surface area (Å²) in [5.41, 5.74) is -1.16. The number of thiazole rings is 1. The van der Waals surface area contributed by atoms with Gasteiger partial charge in [-0.3, -0.25) is 4.79 Å². The standard InChI is InChI=1S/C14H12ClF3N2O3S2/c1-13(2,25(22,23)9-5-3-8(15)4-6-9)11(21)20-12-19-10(7-24-12)14(16,17)18/h3-7H,1-2H3,(H,19,20,21). The predicted molar refractivity (Wildman–Crippen MR) is 88.5 cm³/mol. The molecule has 0 aliphatic rings. The molecule has 0 atom stereocenters. The largest absolute Gasteiger partial charge is 0.434 e. The van der Waals surface area contributed by atoms with Crippen molar-refractivity contribution in [2.24, 2.45) is 0 Å². The number of rotatable bonds is 4. The van der Waals surface area contributed by atoms with E-state index in [-0.39, 0.29) is 10.0 Å². The van der Waals surface area contributed by atoms with Crippen molar-refractivity contribution in [3.63, 3.8) is 0 Å². The van der Waals surface area contributed by atoms with Gasteiger partial charge in [0.15, 0.2) is 20.7 Å². The number of carbonyl (C=O) groups is 1. The van der Waals surface area contributed by atoms with Crippen molar-refractivity contribution >= 4 is 43.8 Å². The molecular weight excluding hydrogens is 401 g/mol. The van der Waals surface area contributed by atoms with Gasteiger partial charge in [0.25, 0.3) is 0 Å². The van der Waals surface area contributed by atoms with E-state index in [0.29, 0.717) is 16.4 Å². The van der Waals surface area contributed by atoms with Crippen LogP contribution in [0.4, 0.5) is 18.3 Å². The topological polar surface area (TPSA) is 76.1 Å². The molecule has 5 nitrogen and oxygen atoms in total. The van der Waals surface area contributed by atoms with Gasteiger partial charge in [0.2, 0.25) is 5.91 Å². The van der Waals surface area contributed by atoms with Gasteiger partial charge in [-0.1, -0.05) is 11.6 Å². The van der Waals surface area contributed by atoms with Crippen LogP contribution in [0.5, 0.6) is 0 Å². The van der Waals surface area contributed by atoms with Crippen molar-refractivity contribution in [2.75, 3.05) is 5.32 Å². The van der Waals surface area contributed by atoms with Crippen LogP contribution in [0.15, 0.2) is 34.5 Å². The highest BCUT2D eigenvalue weighted by molar-refractivity contribution is 7.93. The molecule has 1 heterocycles. The van der Waals surface area contributed by atoms with Crippen LogP contribution in [0, 0.1) is 0 Å². The van der Waals surface area contributed by atoms with E-state index < -0.39 is 32.4 Å². The van der Waals surface area contributed by atoms with Crippen molar-refractivity contribution in [2.45, 2.75) is 29.7 Å². The van der Waals surface area contributed by atoms with E-state index >= 15 is 0 Å². The van der Waals surface area contributed by atoms with E-state index in [0.717, 1.165) is 19.2 Å². The minimum absolute atomic E-state index is 0.132. The van der Waals surface area contributed by atoms with E-state index in [4.69, 9.17) is 11.6 Å². The summed E-state index contributed by atoms with van der Waals surface area (Å²) in [6, 6.07) is 5.22. The molecule has 11 heteroatoms. The lowest BCUT2D eigenvalue weighted by Crippen LogP contribution is -2.44. The van der Waals surface area contributed by atoms with Gasteiger partial charge in [0.05, 0.1) is 4.90 Å². The molecule has 0 spiro atoms. The molecule has 0 fully saturated rings.